The highest BCUT2D eigenvalue weighted by atomic mass is 79.9. The molecule has 2 aromatic rings. The number of rotatable bonds is 4. The van der Waals surface area contributed by atoms with E-state index in [4.69, 9.17) is 0 Å². The molecule has 3 nitrogen and oxygen atoms in total. The van der Waals surface area contributed by atoms with Gasteiger partial charge in [-0.25, -0.2) is 4.98 Å². The van der Waals surface area contributed by atoms with E-state index in [0.29, 0.717) is 0 Å². The lowest BCUT2D eigenvalue weighted by Crippen LogP contribution is -2.13. The summed E-state index contributed by atoms with van der Waals surface area (Å²) in [5.74, 6) is 1.10. The van der Waals surface area contributed by atoms with Crippen molar-refractivity contribution >= 4 is 15.9 Å². The Kier molecular flexibility index (Phi) is 4.66. The number of hydrogen-bond donors (Lipinski definition) is 1. The SMILES string of the molecule is CNCCc1nc(Br)c(-c2ccc(C)c(C)c2C)n1C. The number of hydrogen-bond acceptors (Lipinski definition) is 2. The van der Waals surface area contributed by atoms with Crippen molar-refractivity contribution < 1.29 is 0 Å². The number of nitrogens with zero attached hydrogens (tertiary/aromatic N) is 2. The van der Waals surface area contributed by atoms with Gasteiger partial charge in [0.25, 0.3) is 0 Å². The lowest BCUT2D eigenvalue weighted by Gasteiger charge is -2.13. The second-order valence-electron chi connectivity index (χ2n) is 5.26. The molecular formula is C16H22BrN3. The topological polar surface area (TPSA) is 29.9 Å². The number of aromatic nitrogens is 2. The van der Waals surface area contributed by atoms with E-state index in [0.717, 1.165) is 29.1 Å². The summed E-state index contributed by atoms with van der Waals surface area (Å²) in [6.45, 7) is 7.45. The summed E-state index contributed by atoms with van der Waals surface area (Å²) in [5, 5.41) is 3.17. The van der Waals surface area contributed by atoms with Crippen LogP contribution in [0.3, 0.4) is 0 Å². The van der Waals surface area contributed by atoms with Crippen LogP contribution in [0.15, 0.2) is 16.7 Å². The molecule has 0 aliphatic carbocycles. The van der Waals surface area contributed by atoms with Crippen molar-refractivity contribution in [3.63, 3.8) is 0 Å². The maximum Gasteiger partial charge on any atom is 0.132 e. The summed E-state index contributed by atoms with van der Waals surface area (Å²) < 4.78 is 3.12. The molecule has 0 atom stereocenters. The van der Waals surface area contributed by atoms with Gasteiger partial charge in [-0.3, -0.25) is 0 Å². The number of imidazole rings is 1. The molecule has 1 N–H and O–H groups in total. The van der Waals surface area contributed by atoms with Crippen molar-refractivity contribution in [2.45, 2.75) is 27.2 Å². The quantitative estimate of drug-likeness (QED) is 0.926. The van der Waals surface area contributed by atoms with Crippen LogP contribution in [0.4, 0.5) is 0 Å². The largest absolute Gasteiger partial charge is 0.330 e. The Labute approximate surface area is 129 Å². The monoisotopic (exact) mass is 335 g/mol. The smallest absolute Gasteiger partial charge is 0.132 e. The first-order valence-corrected chi connectivity index (χ1v) is 7.69. The molecule has 4 heteroatoms. The standard InChI is InChI=1S/C16H22BrN3/c1-10-6-7-13(12(3)11(10)2)15-16(17)19-14(20(15)5)8-9-18-4/h6-7,18H,8-9H2,1-5H3. The second kappa shape index (κ2) is 6.10. The van der Waals surface area contributed by atoms with Gasteiger partial charge < -0.3 is 9.88 Å². The first-order valence-electron chi connectivity index (χ1n) is 6.90. The molecule has 0 aliphatic rings. The fraction of sp³-hybridized carbons (Fsp3) is 0.438. The Morgan fingerprint density at radius 3 is 2.55 bits per heavy atom. The van der Waals surface area contributed by atoms with Crippen molar-refractivity contribution in [3.05, 3.63) is 39.3 Å². The van der Waals surface area contributed by atoms with Crippen LogP contribution in [0.25, 0.3) is 11.3 Å². The van der Waals surface area contributed by atoms with Crippen LogP contribution >= 0.6 is 15.9 Å². The maximum atomic E-state index is 4.66. The molecule has 1 aromatic heterocycles. The zero-order valence-electron chi connectivity index (χ0n) is 12.8. The summed E-state index contributed by atoms with van der Waals surface area (Å²) in [5.41, 5.74) is 6.43. The average Bonchev–Trinajstić information content (AvgIpc) is 2.70. The van der Waals surface area contributed by atoms with E-state index < -0.39 is 0 Å². The molecule has 0 spiro atoms. The van der Waals surface area contributed by atoms with Crippen molar-refractivity contribution in [1.29, 1.82) is 0 Å². The van der Waals surface area contributed by atoms with Gasteiger partial charge in [0.1, 0.15) is 10.4 Å². The maximum absolute atomic E-state index is 4.66. The number of halogens is 1. The fourth-order valence-corrected chi connectivity index (χ4v) is 3.16. The Bertz CT molecular complexity index is 629. The molecular weight excluding hydrogens is 314 g/mol. The summed E-state index contributed by atoms with van der Waals surface area (Å²) in [6, 6.07) is 4.38. The van der Waals surface area contributed by atoms with Crippen molar-refractivity contribution in [1.82, 2.24) is 14.9 Å². The molecule has 0 radical (unpaired) electrons. The molecule has 1 aromatic carbocycles. The molecule has 0 saturated carbocycles. The molecule has 0 bridgehead atoms. The van der Waals surface area contributed by atoms with E-state index in [-0.39, 0.29) is 0 Å². The third-order valence-electron chi connectivity index (χ3n) is 4.06. The number of benzene rings is 1. The zero-order valence-corrected chi connectivity index (χ0v) is 14.4. The van der Waals surface area contributed by atoms with Gasteiger partial charge in [-0.1, -0.05) is 12.1 Å². The van der Waals surface area contributed by atoms with Crippen LogP contribution in [0, 0.1) is 20.8 Å². The van der Waals surface area contributed by atoms with Gasteiger partial charge >= 0.3 is 0 Å². The van der Waals surface area contributed by atoms with E-state index in [2.05, 4.69) is 70.7 Å². The van der Waals surface area contributed by atoms with E-state index in [1.165, 1.54) is 22.3 Å². The Hall–Kier alpha value is -1.13. The third kappa shape index (κ3) is 2.67. The third-order valence-corrected chi connectivity index (χ3v) is 4.61. The predicted octanol–water partition coefficient (Wildman–Crippen LogP) is 3.54. The van der Waals surface area contributed by atoms with E-state index in [1.807, 2.05) is 7.05 Å². The van der Waals surface area contributed by atoms with Gasteiger partial charge in [0, 0.05) is 25.6 Å². The van der Waals surface area contributed by atoms with Crippen molar-refractivity contribution in [2.75, 3.05) is 13.6 Å². The molecule has 0 aliphatic heterocycles. The molecule has 0 amide bonds. The normalized spacial score (nSPS) is 11.1. The van der Waals surface area contributed by atoms with Crippen LogP contribution in [-0.4, -0.2) is 23.1 Å². The van der Waals surface area contributed by atoms with Crippen LogP contribution in [0.1, 0.15) is 22.5 Å². The summed E-state index contributed by atoms with van der Waals surface area (Å²) in [7, 11) is 4.05. The lowest BCUT2D eigenvalue weighted by molar-refractivity contribution is 0.720. The molecule has 108 valence electrons. The van der Waals surface area contributed by atoms with Gasteiger partial charge in [-0.2, -0.15) is 0 Å². The van der Waals surface area contributed by atoms with Crippen molar-refractivity contribution in [3.8, 4) is 11.3 Å². The summed E-state index contributed by atoms with van der Waals surface area (Å²) in [4.78, 5) is 4.66. The lowest BCUT2D eigenvalue weighted by atomic mass is 9.97. The first-order chi connectivity index (χ1) is 9.47. The Morgan fingerprint density at radius 2 is 1.90 bits per heavy atom. The molecule has 1 heterocycles. The summed E-state index contributed by atoms with van der Waals surface area (Å²) in [6.07, 6.45) is 0.926. The fourth-order valence-electron chi connectivity index (χ4n) is 2.47. The molecule has 0 saturated heterocycles. The van der Waals surface area contributed by atoms with Crippen molar-refractivity contribution in [2.24, 2.45) is 7.05 Å². The number of likely N-dealkylation sites (N-methyl/N-ethyl adjacent to an activating group) is 1. The highest BCUT2D eigenvalue weighted by Crippen LogP contribution is 2.33. The number of aryl methyl sites for hydroxylation is 1. The minimum atomic E-state index is 0.926. The average molecular weight is 336 g/mol. The Balaban J connectivity index is 2.53. The van der Waals surface area contributed by atoms with E-state index in [1.54, 1.807) is 0 Å². The second-order valence-corrected chi connectivity index (χ2v) is 6.01. The molecule has 20 heavy (non-hydrogen) atoms. The highest BCUT2D eigenvalue weighted by molar-refractivity contribution is 9.10. The number of nitrogens with one attached hydrogen (secondary N) is 1. The molecule has 0 fully saturated rings. The molecule has 0 unspecified atom stereocenters. The van der Waals surface area contributed by atoms with Gasteiger partial charge in [0.2, 0.25) is 0 Å². The van der Waals surface area contributed by atoms with Crippen LogP contribution in [-0.2, 0) is 13.5 Å². The highest BCUT2D eigenvalue weighted by Gasteiger charge is 2.17. The molecule has 2 rings (SSSR count). The first kappa shape index (κ1) is 15.3. The van der Waals surface area contributed by atoms with Gasteiger partial charge in [-0.15, -0.1) is 0 Å². The van der Waals surface area contributed by atoms with Crippen LogP contribution < -0.4 is 5.32 Å². The van der Waals surface area contributed by atoms with Crippen LogP contribution in [0.2, 0.25) is 0 Å². The van der Waals surface area contributed by atoms with E-state index >= 15 is 0 Å². The minimum absolute atomic E-state index is 0.926. The van der Waals surface area contributed by atoms with Gasteiger partial charge in [0.05, 0.1) is 5.69 Å². The Morgan fingerprint density at radius 1 is 1.20 bits per heavy atom. The summed E-state index contributed by atoms with van der Waals surface area (Å²) >= 11 is 3.62. The predicted molar refractivity (Wildman–Crippen MR) is 88.2 cm³/mol. The van der Waals surface area contributed by atoms with Gasteiger partial charge in [0.15, 0.2) is 0 Å². The van der Waals surface area contributed by atoms with E-state index in [9.17, 15) is 0 Å². The minimum Gasteiger partial charge on any atom is -0.330 e. The van der Waals surface area contributed by atoms with Gasteiger partial charge in [-0.05, 0) is 60.4 Å². The zero-order chi connectivity index (χ0) is 14.9. The van der Waals surface area contributed by atoms with Crippen LogP contribution in [0.5, 0.6) is 0 Å².